The molecule has 0 bridgehead atoms. The average Bonchev–Trinajstić information content (AvgIpc) is 2.98. The number of hydrogen-bond donors (Lipinski definition) is 1. The number of aromatic nitrogens is 2. The van der Waals surface area contributed by atoms with Gasteiger partial charge in [0, 0.05) is 31.0 Å². The topological polar surface area (TPSA) is 90.6 Å². The van der Waals surface area contributed by atoms with E-state index in [-0.39, 0.29) is 11.9 Å². The number of anilines is 1. The van der Waals surface area contributed by atoms with Gasteiger partial charge in [0.05, 0.1) is 18.8 Å². The third kappa shape index (κ3) is 3.40. The number of carbonyl (C=O) groups is 1. The van der Waals surface area contributed by atoms with Crippen molar-refractivity contribution in [2.75, 3.05) is 26.1 Å². The van der Waals surface area contributed by atoms with Crippen molar-refractivity contribution in [1.29, 1.82) is 0 Å². The van der Waals surface area contributed by atoms with Gasteiger partial charge in [-0.15, -0.1) is 0 Å². The number of amides is 1. The van der Waals surface area contributed by atoms with E-state index in [1.54, 1.807) is 42.5 Å². The van der Waals surface area contributed by atoms with E-state index in [4.69, 9.17) is 15.2 Å². The summed E-state index contributed by atoms with van der Waals surface area (Å²) in [6.45, 7) is 1.95. The SMILES string of the molecule is COCCOc1ccc(C(=O)N2Cc3cnc(N)nc3C2)cc1. The van der Waals surface area contributed by atoms with Crippen molar-refractivity contribution in [3.05, 3.63) is 47.3 Å². The van der Waals surface area contributed by atoms with E-state index in [1.165, 1.54) is 0 Å². The van der Waals surface area contributed by atoms with E-state index in [0.717, 1.165) is 11.3 Å². The van der Waals surface area contributed by atoms with E-state index >= 15 is 0 Å². The number of nitrogens with two attached hydrogens (primary N) is 1. The van der Waals surface area contributed by atoms with Crippen LogP contribution in [0.15, 0.2) is 30.5 Å². The lowest BCUT2D eigenvalue weighted by Crippen LogP contribution is -2.25. The molecule has 0 atom stereocenters. The Hall–Kier alpha value is -2.67. The number of ether oxygens (including phenoxy) is 2. The highest BCUT2D eigenvalue weighted by Gasteiger charge is 2.25. The largest absolute Gasteiger partial charge is 0.491 e. The van der Waals surface area contributed by atoms with Crippen LogP contribution in [0.25, 0.3) is 0 Å². The number of fused-ring (bicyclic) bond motifs is 1. The first-order valence-electron chi connectivity index (χ1n) is 7.28. The fraction of sp³-hybridized carbons (Fsp3) is 0.312. The van der Waals surface area contributed by atoms with Gasteiger partial charge >= 0.3 is 0 Å². The minimum atomic E-state index is -0.0509. The van der Waals surface area contributed by atoms with Gasteiger partial charge in [0.25, 0.3) is 5.91 Å². The maximum Gasteiger partial charge on any atom is 0.254 e. The number of nitrogen functional groups attached to an aromatic ring is 1. The maximum atomic E-state index is 12.6. The van der Waals surface area contributed by atoms with Crippen LogP contribution in [0.3, 0.4) is 0 Å². The Morgan fingerprint density at radius 1 is 1.26 bits per heavy atom. The van der Waals surface area contributed by atoms with E-state index in [9.17, 15) is 4.79 Å². The summed E-state index contributed by atoms with van der Waals surface area (Å²) < 4.78 is 10.4. The summed E-state index contributed by atoms with van der Waals surface area (Å²) in [6.07, 6.45) is 1.68. The van der Waals surface area contributed by atoms with Crippen LogP contribution in [0.2, 0.25) is 0 Å². The Bertz CT molecular complexity index is 703. The number of rotatable bonds is 5. The van der Waals surface area contributed by atoms with Gasteiger partial charge in [-0.2, -0.15) is 0 Å². The summed E-state index contributed by atoms with van der Waals surface area (Å²) in [5, 5.41) is 0. The van der Waals surface area contributed by atoms with Crippen molar-refractivity contribution in [3.63, 3.8) is 0 Å². The van der Waals surface area contributed by atoms with Crippen LogP contribution in [0.1, 0.15) is 21.6 Å². The minimum absolute atomic E-state index is 0.0509. The Balaban J connectivity index is 1.65. The second kappa shape index (κ2) is 6.62. The minimum Gasteiger partial charge on any atom is -0.491 e. The second-order valence-electron chi connectivity index (χ2n) is 5.23. The first kappa shape index (κ1) is 15.2. The molecular weight excluding hydrogens is 296 g/mol. The molecule has 7 nitrogen and oxygen atoms in total. The van der Waals surface area contributed by atoms with E-state index in [1.807, 2.05) is 0 Å². The lowest BCUT2D eigenvalue weighted by atomic mass is 10.2. The normalized spacial score (nSPS) is 13.0. The standard InChI is InChI=1S/C16H18N4O3/c1-22-6-7-23-13-4-2-11(3-5-13)15(21)20-9-12-8-18-16(17)19-14(12)10-20/h2-5,8H,6-7,9-10H2,1H3,(H2,17,18,19). The van der Waals surface area contributed by atoms with Gasteiger partial charge in [0.1, 0.15) is 12.4 Å². The number of hydrogen-bond acceptors (Lipinski definition) is 6. The highest BCUT2D eigenvalue weighted by Crippen LogP contribution is 2.23. The zero-order chi connectivity index (χ0) is 16.2. The third-order valence-electron chi connectivity index (χ3n) is 3.62. The van der Waals surface area contributed by atoms with Crippen molar-refractivity contribution in [3.8, 4) is 5.75 Å². The summed E-state index contributed by atoms with van der Waals surface area (Å²) in [7, 11) is 1.62. The molecule has 1 aromatic carbocycles. The second-order valence-corrected chi connectivity index (χ2v) is 5.23. The van der Waals surface area contributed by atoms with Crippen molar-refractivity contribution in [2.24, 2.45) is 0 Å². The van der Waals surface area contributed by atoms with E-state index in [2.05, 4.69) is 9.97 Å². The molecule has 23 heavy (non-hydrogen) atoms. The van der Waals surface area contributed by atoms with Gasteiger partial charge in [-0.1, -0.05) is 0 Å². The fourth-order valence-corrected chi connectivity index (χ4v) is 2.43. The highest BCUT2D eigenvalue weighted by molar-refractivity contribution is 5.94. The van der Waals surface area contributed by atoms with Crippen LogP contribution in [0, 0.1) is 0 Å². The van der Waals surface area contributed by atoms with Crippen LogP contribution in [0.4, 0.5) is 5.95 Å². The molecule has 2 heterocycles. The smallest absolute Gasteiger partial charge is 0.254 e. The van der Waals surface area contributed by atoms with Crippen LogP contribution in [0.5, 0.6) is 5.75 Å². The first-order chi connectivity index (χ1) is 11.2. The molecule has 2 N–H and O–H groups in total. The molecule has 0 saturated heterocycles. The molecule has 0 spiro atoms. The molecule has 0 unspecified atom stereocenters. The molecule has 0 saturated carbocycles. The third-order valence-corrected chi connectivity index (χ3v) is 3.62. The van der Waals surface area contributed by atoms with Gasteiger partial charge in [-0.3, -0.25) is 4.79 Å². The molecule has 1 aromatic heterocycles. The molecule has 7 heteroatoms. The van der Waals surface area contributed by atoms with Gasteiger partial charge in [-0.05, 0) is 24.3 Å². The number of nitrogens with zero attached hydrogens (tertiary/aromatic N) is 3. The Morgan fingerprint density at radius 2 is 2.04 bits per heavy atom. The molecule has 1 aliphatic heterocycles. The van der Waals surface area contributed by atoms with Crippen LogP contribution >= 0.6 is 0 Å². The van der Waals surface area contributed by atoms with Crippen molar-refractivity contribution in [2.45, 2.75) is 13.1 Å². The number of methoxy groups -OCH3 is 1. The predicted octanol–water partition coefficient (Wildman–Crippen LogP) is 1.24. The lowest BCUT2D eigenvalue weighted by molar-refractivity contribution is 0.0750. The zero-order valence-corrected chi connectivity index (χ0v) is 12.9. The number of carbonyl (C=O) groups excluding carboxylic acids is 1. The molecule has 3 rings (SSSR count). The molecule has 2 aromatic rings. The predicted molar refractivity (Wildman–Crippen MR) is 83.8 cm³/mol. The van der Waals surface area contributed by atoms with Crippen molar-refractivity contribution in [1.82, 2.24) is 14.9 Å². The lowest BCUT2D eigenvalue weighted by Gasteiger charge is -2.15. The molecular formula is C16H18N4O3. The van der Waals surface area contributed by atoms with Gasteiger partial charge in [0.2, 0.25) is 5.95 Å². The summed E-state index contributed by atoms with van der Waals surface area (Å²) >= 11 is 0. The molecule has 0 fully saturated rings. The van der Waals surface area contributed by atoms with Gasteiger partial charge < -0.3 is 20.1 Å². The van der Waals surface area contributed by atoms with Crippen molar-refractivity contribution >= 4 is 11.9 Å². The van der Waals surface area contributed by atoms with Crippen molar-refractivity contribution < 1.29 is 14.3 Å². The summed E-state index contributed by atoms with van der Waals surface area (Å²) in [4.78, 5) is 22.4. The molecule has 120 valence electrons. The Kier molecular flexibility index (Phi) is 4.38. The van der Waals surface area contributed by atoms with Crippen LogP contribution in [-0.2, 0) is 17.8 Å². The Morgan fingerprint density at radius 3 is 2.78 bits per heavy atom. The number of benzene rings is 1. The highest BCUT2D eigenvalue weighted by atomic mass is 16.5. The summed E-state index contributed by atoms with van der Waals surface area (Å²) in [6, 6.07) is 7.08. The maximum absolute atomic E-state index is 12.6. The molecule has 1 amide bonds. The quantitative estimate of drug-likeness (QED) is 0.835. The fourth-order valence-electron chi connectivity index (χ4n) is 2.43. The molecule has 0 radical (unpaired) electrons. The summed E-state index contributed by atoms with van der Waals surface area (Å²) in [5.74, 6) is 0.891. The first-order valence-corrected chi connectivity index (χ1v) is 7.28. The van der Waals surface area contributed by atoms with Crippen LogP contribution in [-0.4, -0.2) is 41.1 Å². The summed E-state index contributed by atoms with van der Waals surface area (Å²) in [5.41, 5.74) is 7.94. The molecule has 0 aliphatic carbocycles. The van der Waals surface area contributed by atoms with Crippen LogP contribution < -0.4 is 10.5 Å². The average molecular weight is 314 g/mol. The zero-order valence-electron chi connectivity index (χ0n) is 12.9. The van der Waals surface area contributed by atoms with Gasteiger partial charge in [0.15, 0.2) is 0 Å². The van der Waals surface area contributed by atoms with E-state index < -0.39 is 0 Å². The molecule has 1 aliphatic rings. The van der Waals surface area contributed by atoms with Gasteiger partial charge in [-0.25, -0.2) is 9.97 Å². The monoisotopic (exact) mass is 314 g/mol. The van der Waals surface area contributed by atoms with E-state index in [0.29, 0.717) is 37.6 Å². The Labute approximate surface area is 134 Å².